The Balaban J connectivity index is 0.000000179. The molecule has 0 spiro atoms. The molecule has 0 aliphatic carbocycles. The van der Waals surface area contributed by atoms with Gasteiger partial charge in [-0.2, -0.15) is 11.8 Å². The van der Waals surface area contributed by atoms with Gasteiger partial charge in [-0.3, -0.25) is 40.0 Å². The van der Waals surface area contributed by atoms with E-state index in [9.17, 15) is 71.2 Å². The number of para-hydroxylation sites is 4. The number of aliphatic hydroxyl groups excluding tert-OH is 4. The number of nitrogens with one attached hydrogen (secondary N) is 6. The smallest absolute Gasteiger partial charge is 0.410 e. The number of likely N-dealkylation sites (tertiary alicyclic amines) is 1. The minimum Gasteiger partial charge on any atom is -0.457 e. The largest absolute Gasteiger partial charge is 0.457 e. The third-order valence-electron chi connectivity index (χ3n) is 21.3. The number of β-amino-alcohol motifs (C(OH)–C–C–N with tert-alkyl or cyclic N) is 1. The van der Waals surface area contributed by atoms with Gasteiger partial charge in [0.25, 0.3) is 23.6 Å². The highest BCUT2D eigenvalue weighted by molar-refractivity contribution is 7.99. The molecule has 8 aromatic rings. The number of hydrogen-bond acceptors (Lipinski definition) is 34. The average molecular weight is 1950 g/mol. The molecule has 0 saturated carbocycles. The minimum absolute atomic E-state index is 0.000196. The van der Waals surface area contributed by atoms with Crippen LogP contribution in [-0.4, -0.2) is 269 Å². The maximum absolute atomic E-state index is 13.0. The Bertz CT molecular complexity index is 5280. The molecule has 8 aliphatic rings. The Kier molecular flexibility index (Phi) is 38.4. The van der Waals surface area contributed by atoms with Crippen molar-refractivity contribution in [2.24, 2.45) is 0 Å². The highest BCUT2D eigenvalue weighted by Crippen LogP contribution is 2.41. The van der Waals surface area contributed by atoms with Crippen LogP contribution in [0, 0.1) is 0 Å². The summed E-state index contributed by atoms with van der Waals surface area (Å²) in [6, 6.07) is 58.9. The zero-order valence-electron chi connectivity index (χ0n) is 72.2. The molecule has 16 rings (SSSR count). The molecule has 44 heteroatoms. The monoisotopic (exact) mass is 1950 g/mol. The summed E-state index contributed by atoms with van der Waals surface area (Å²) in [5.41, 5.74) is 5.26. The van der Waals surface area contributed by atoms with E-state index in [0.29, 0.717) is 98.4 Å². The molecule has 0 aromatic heterocycles. The van der Waals surface area contributed by atoms with Gasteiger partial charge in [0, 0.05) is 51.6 Å². The number of thioether (sulfide) groups is 1. The van der Waals surface area contributed by atoms with Crippen molar-refractivity contribution in [1.82, 2.24) is 37.5 Å². The number of hydrogen-bond donors (Lipinski definition) is 14. The number of amides is 5. The highest BCUT2D eigenvalue weighted by atomic mass is 32.2. The number of ether oxygens (including phenoxy) is 8. The van der Waals surface area contributed by atoms with Crippen LogP contribution in [0.2, 0.25) is 0 Å². The van der Waals surface area contributed by atoms with Crippen LogP contribution < -0.4 is 51.5 Å². The van der Waals surface area contributed by atoms with Gasteiger partial charge in [0.05, 0.1) is 75.8 Å². The molecular weight excluding hydrogens is 1840 g/mol. The van der Waals surface area contributed by atoms with Gasteiger partial charge in [0.1, 0.15) is 57.7 Å². The van der Waals surface area contributed by atoms with Crippen molar-refractivity contribution in [3.05, 3.63) is 218 Å². The van der Waals surface area contributed by atoms with E-state index in [1.807, 2.05) is 93.2 Å². The molecule has 0 bridgehead atoms. The van der Waals surface area contributed by atoms with Gasteiger partial charge in [-0.25, -0.2) is 68.8 Å². The predicted molar refractivity (Wildman–Crippen MR) is 480 cm³/mol. The van der Waals surface area contributed by atoms with Crippen LogP contribution in [0.15, 0.2) is 238 Å². The van der Waals surface area contributed by atoms with E-state index >= 15 is 0 Å². The topological polar surface area (TPSA) is 567 Å². The average Bonchev–Trinajstić information content (AvgIpc) is 1.57. The second-order valence-electron chi connectivity index (χ2n) is 31.9. The van der Waals surface area contributed by atoms with Gasteiger partial charge >= 0.3 is 6.09 Å². The first kappa shape index (κ1) is 105. The Morgan fingerprint density at radius 2 is 0.758 bits per heavy atom. The normalized spacial score (nSPS) is 22.3. The summed E-state index contributed by atoms with van der Waals surface area (Å²) in [5.74, 6) is 0.937. The van der Waals surface area contributed by atoms with Gasteiger partial charge < -0.3 is 73.9 Å². The number of rotatable bonds is 20. The molecule has 7 unspecified atom stereocenters. The summed E-state index contributed by atoms with van der Waals surface area (Å²) < 4.78 is 162. The van der Waals surface area contributed by atoms with Crippen LogP contribution in [0.25, 0.3) is 0 Å². The zero-order valence-corrected chi connectivity index (χ0v) is 77.1. The standard InChI is InChI=1S/2C17H18N2O5S.C17H17NO7S2.C17H17NO6S.C9H17NO3.C4H8O2.C4H8OS.C3H6O2/c2*20-16(19-21)17(10-11-18-12-17)25(22,23)15-8-6-14(7-9-15)24-13-4-2-1-3-5-13;19-16(18-20)17(10-11-26(21,22)12-17)27(23,24)15-8-6-14(7-9-15)25-13-4-2-1-3-5-13;19-16(18-20)17(10-11-23-12-17)25(21,22)15-8-6-14(7-9-15)24-13-4-2-1-3-5-13;1-9(2,3)13-8(12)10-5-4-7(11)6-10;2*5-4-1-2-6-3-4;4-3-1-5-2-3/h2*1-9,18,21H,10-12H2,(H,19,20);1-9,20H,10-12H2,(H,18,19);1-9,20H,10-12H2,(H,18,19);7,11H,4-6H2,1-3H3;2*4-5H,1-3H2;3-4H,1-2H2. The molecule has 8 fully saturated rings. The summed E-state index contributed by atoms with van der Waals surface area (Å²) >= 11 is 1.83. The minimum atomic E-state index is -4.38. The third kappa shape index (κ3) is 27.5. The number of aliphatic hydroxyl groups is 4. The Labute approximate surface area is 769 Å². The number of carbonyl (C=O) groups is 5. The third-order valence-corrected chi connectivity index (χ3v) is 34.2. The lowest BCUT2D eigenvalue weighted by molar-refractivity contribution is -0.132. The second kappa shape index (κ2) is 48.1. The Hall–Kier alpha value is -10.3. The van der Waals surface area contributed by atoms with Crippen molar-refractivity contribution in [2.45, 2.75) is 134 Å². The van der Waals surface area contributed by atoms with Crippen LogP contribution in [0.5, 0.6) is 46.0 Å². The van der Waals surface area contributed by atoms with E-state index in [0.717, 1.165) is 31.0 Å². The van der Waals surface area contributed by atoms with Gasteiger partial charge in [-0.15, -0.1) is 0 Å². The first-order valence-electron chi connectivity index (χ1n) is 41.5. The van der Waals surface area contributed by atoms with E-state index in [-0.39, 0.29) is 95.7 Å². The van der Waals surface area contributed by atoms with Crippen LogP contribution >= 0.6 is 11.8 Å². The SMILES string of the molecule is CC(C)(C)OC(=O)N1CCC(O)C1.O=C(NO)C1(S(=O)(=O)c2ccc(Oc3ccccc3)cc2)CCNC1.O=C(NO)C1(S(=O)(=O)c2ccc(Oc3ccccc3)cc2)CCNC1.O=C(NO)C1(S(=O)(=O)c2ccc(Oc3ccccc3)cc2)CCOC1.O=C(NO)C1(S(=O)(=O)c2ccc(Oc3ccccc3)cc2)CCS(=O)(=O)C1.OC1CCOC1.OC1CCSC1.OC1COC1. The fourth-order valence-corrected chi connectivity index (χ4v) is 25.2. The lowest BCUT2D eigenvalue weighted by atomic mass is 10.1. The van der Waals surface area contributed by atoms with E-state index in [1.54, 1.807) is 60.7 Å². The fourth-order valence-electron chi connectivity index (χ4n) is 13.9. The maximum atomic E-state index is 13.0. The number of carbonyl (C=O) groups excluding carboxylic acids is 5. The van der Waals surface area contributed by atoms with Gasteiger partial charge in [0.2, 0.25) is 0 Å². The summed E-state index contributed by atoms with van der Waals surface area (Å²) in [5, 5.41) is 76.4. The molecular formula is C88H109N7O31S6. The van der Waals surface area contributed by atoms with Crippen molar-refractivity contribution in [3.8, 4) is 46.0 Å². The number of hydroxylamine groups is 4. The van der Waals surface area contributed by atoms with Crippen LogP contribution in [0.3, 0.4) is 0 Å². The fraction of sp³-hybridized carbons (Fsp3) is 0.398. The lowest BCUT2D eigenvalue weighted by Crippen LogP contribution is -2.53. The van der Waals surface area contributed by atoms with Crippen molar-refractivity contribution in [3.63, 3.8) is 0 Å². The summed E-state index contributed by atoms with van der Waals surface area (Å²) in [7, 11) is -20.1. The first-order chi connectivity index (χ1) is 62.7. The van der Waals surface area contributed by atoms with Gasteiger partial charge in [-0.1, -0.05) is 72.8 Å². The highest BCUT2D eigenvalue weighted by Gasteiger charge is 2.59. The zero-order chi connectivity index (χ0) is 96.0. The molecule has 0 radical (unpaired) electrons. The Morgan fingerprint density at radius 1 is 0.417 bits per heavy atom. The molecule has 8 heterocycles. The van der Waals surface area contributed by atoms with E-state index in [4.69, 9.17) is 69.3 Å². The molecule has 5 amide bonds. The van der Waals surface area contributed by atoms with Crippen LogP contribution in [-0.2, 0) is 87.3 Å². The number of benzene rings is 8. The second-order valence-corrected chi connectivity index (χ2v) is 44.3. The molecule has 38 nitrogen and oxygen atoms in total. The van der Waals surface area contributed by atoms with Crippen molar-refractivity contribution in [1.29, 1.82) is 0 Å². The number of sulfone groups is 5. The summed E-state index contributed by atoms with van der Waals surface area (Å²) in [6.07, 6.45) is 1.17. The molecule has 8 aromatic carbocycles. The van der Waals surface area contributed by atoms with Crippen molar-refractivity contribution >= 4 is 90.7 Å². The molecule has 8 aliphatic heterocycles. The van der Waals surface area contributed by atoms with Gasteiger partial charge in [-0.05, 0) is 224 Å². The quantitative estimate of drug-likeness (QED) is 0.0274. The van der Waals surface area contributed by atoms with Crippen LogP contribution in [0.1, 0.15) is 65.7 Å². The molecule has 14 N–H and O–H groups in total. The van der Waals surface area contributed by atoms with E-state index in [1.165, 1.54) is 124 Å². The number of nitrogens with zero attached hydrogens (tertiary/aromatic N) is 1. The first-order valence-corrected chi connectivity index (χ1v) is 50.4. The summed E-state index contributed by atoms with van der Waals surface area (Å²) in [6.45, 7) is 9.32. The van der Waals surface area contributed by atoms with E-state index < -0.39 is 115 Å². The van der Waals surface area contributed by atoms with Crippen molar-refractivity contribution in [2.75, 3.05) is 102 Å². The van der Waals surface area contributed by atoms with E-state index in [2.05, 4.69) is 15.4 Å². The van der Waals surface area contributed by atoms with Gasteiger partial charge in [0.15, 0.2) is 68.2 Å². The summed E-state index contributed by atoms with van der Waals surface area (Å²) in [4.78, 5) is 60.9. The molecule has 718 valence electrons. The molecule has 132 heavy (non-hydrogen) atoms. The maximum Gasteiger partial charge on any atom is 0.410 e. The molecule has 8 saturated heterocycles. The Morgan fingerprint density at radius 3 is 0.992 bits per heavy atom. The van der Waals surface area contributed by atoms with Crippen molar-refractivity contribution < 1.29 is 145 Å². The molecule has 7 atom stereocenters. The van der Waals surface area contributed by atoms with Crippen LogP contribution in [0.4, 0.5) is 4.79 Å². The lowest BCUT2D eigenvalue weighted by Gasteiger charge is -2.25. The predicted octanol–water partition coefficient (Wildman–Crippen LogP) is 6.83.